The molecule has 0 unspecified atom stereocenters. The molecule has 0 aromatic carbocycles. The van der Waals surface area contributed by atoms with E-state index in [0.29, 0.717) is 56.1 Å². The van der Waals surface area contributed by atoms with Crippen LogP contribution in [0, 0.1) is 5.92 Å². The first-order valence-electron chi connectivity index (χ1n) is 11.7. The van der Waals surface area contributed by atoms with Gasteiger partial charge in [-0.15, -0.1) is 0 Å². The van der Waals surface area contributed by atoms with Crippen LogP contribution in [-0.2, 0) is 29.1 Å². The first-order valence-corrected chi connectivity index (χ1v) is 11.7. The Labute approximate surface area is 187 Å². The molecule has 2 amide bonds. The zero-order valence-corrected chi connectivity index (χ0v) is 18.9. The van der Waals surface area contributed by atoms with Gasteiger partial charge in [0.1, 0.15) is 5.82 Å². The van der Waals surface area contributed by atoms with Crippen LogP contribution in [0.2, 0.25) is 0 Å². The molecule has 4 rings (SSSR count). The molecule has 1 fully saturated rings. The quantitative estimate of drug-likeness (QED) is 0.740. The number of aromatic amines is 1. The van der Waals surface area contributed by atoms with E-state index in [1.54, 1.807) is 15.8 Å². The predicted octanol–water partition coefficient (Wildman–Crippen LogP) is 2.04. The Morgan fingerprint density at radius 3 is 2.88 bits per heavy atom. The summed E-state index contributed by atoms with van der Waals surface area (Å²) in [6.07, 6.45) is 8.05. The molecule has 1 saturated heterocycles. The molecule has 0 bridgehead atoms. The summed E-state index contributed by atoms with van der Waals surface area (Å²) in [5.74, 6) is 0.453. The summed E-state index contributed by atoms with van der Waals surface area (Å²) in [6.45, 7) is 5.97. The lowest BCUT2D eigenvalue weighted by Gasteiger charge is -2.37. The SMILES string of the molecule is CCCC(=O)N1CCc2c(nc([C@@H]3CCCCN3C(=O)[C@@H](C)Cn3cccn3)[nH]c2=O)C1. The third kappa shape index (κ3) is 4.61. The Kier molecular flexibility index (Phi) is 6.72. The van der Waals surface area contributed by atoms with Crippen LogP contribution in [0.4, 0.5) is 0 Å². The van der Waals surface area contributed by atoms with Gasteiger partial charge in [-0.05, 0) is 38.2 Å². The van der Waals surface area contributed by atoms with E-state index in [1.807, 2.05) is 31.0 Å². The van der Waals surface area contributed by atoms with Gasteiger partial charge in [-0.2, -0.15) is 5.10 Å². The highest BCUT2D eigenvalue weighted by atomic mass is 16.2. The molecular formula is C23H32N6O3. The first-order chi connectivity index (χ1) is 15.5. The molecule has 2 atom stereocenters. The molecular weight excluding hydrogens is 408 g/mol. The minimum atomic E-state index is -0.254. The van der Waals surface area contributed by atoms with Crippen molar-refractivity contribution in [3.63, 3.8) is 0 Å². The minimum absolute atomic E-state index is 0.0466. The number of piperidine rings is 1. The van der Waals surface area contributed by atoms with Gasteiger partial charge < -0.3 is 14.8 Å². The van der Waals surface area contributed by atoms with Crippen molar-refractivity contribution in [2.24, 2.45) is 5.92 Å². The summed E-state index contributed by atoms with van der Waals surface area (Å²) in [6, 6.07) is 1.59. The molecule has 2 aromatic rings. The smallest absolute Gasteiger partial charge is 0.254 e. The number of nitrogens with zero attached hydrogens (tertiary/aromatic N) is 5. The molecule has 9 heteroatoms. The Morgan fingerprint density at radius 2 is 2.12 bits per heavy atom. The Morgan fingerprint density at radius 1 is 1.28 bits per heavy atom. The number of hydrogen-bond donors (Lipinski definition) is 1. The van der Waals surface area contributed by atoms with Crippen molar-refractivity contribution in [1.29, 1.82) is 0 Å². The van der Waals surface area contributed by atoms with Crippen molar-refractivity contribution in [2.45, 2.75) is 71.5 Å². The molecule has 9 nitrogen and oxygen atoms in total. The van der Waals surface area contributed by atoms with Crippen molar-refractivity contribution in [3.8, 4) is 0 Å². The average Bonchev–Trinajstić information content (AvgIpc) is 3.31. The molecule has 0 aliphatic carbocycles. The van der Waals surface area contributed by atoms with E-state index in [-0.39, 0.29) is 29.3 Å². The van der Waals surface area contributed by atoms with Crippen molar-refractivity contribution >= 4 is 11.8 Å². The molecule has 1 N–H and O–H groups in total. The van der Waals surface area contributed by atoms with Crippen LogP contribution < -0.4 is 5.56 Å². The molecule has 2 aromatic heterocycles. The van der Waals surface area contributed by atoms with Crippen LogP contribution in [0.15, 0.2) is 23.3 Å². The van der Waals surface area contributed by atoms with Gasteiger partial charge in [-0.3, -0.25) is 19.1 Å². The number of nitrogens with one attached hydrogen (secondary N) is 1. The second kappa shape index (κ2) is 9.67. The number of amides is 2. The van der Waals surface area contributed by atoms with Crippen LogP contribution in [0.3, 0.4) is 0 Å². The molecule has 32 heavy (non-hydrogen) atoms. The number of likely N-dealkylation sites (tertiary alicyclic amines) is 1. The maximum Gasteiger partial charge on any atom is 0.254 e. The summed E-state index contributed by atoms with van der Waals surface area (Å²) in [4.78, 5) is 49.9. The summed E-state index contributed by atoms with van der Waals surface area (Å²) in [7, 11) is 0. The van der Waals surface area contributed by atoms with E-state index in [2.05, 4.69) is 10.1 Å². The number of carbonyl (C=O) groups excluding carboxylic acids is 2. The van der Waals surface area contributed by atoms with Gasteiger partial charge in [0.05, 0.1) is 30.7 Å². The normalized spacial score (nSPS) is 19.5. The van der Waals surface area contributed by atoms with Gasteiger partial charge in [0.25, 0.3) is 5.56 Å². The molecule has 2 aliphatic rings. The fraction of sp³-hybridized carbons (Fsp3) is 0.609. The van der Waals surface area contributed by atoms with E-state index in [9.17, 15) is 14.4 Å². The van der Waals surface area contributed by atoms with Crippen LogP contribution >= 0.6 is 0 Å². The van der Waals surface area contributed by atoms with E-state index in [4.69, 9.17) is 4.98 Å². The molecule has 172 valence electrons. The van der Waals surface area contributed by atoms with Crippen LogP contribution in [0.25, 0.3) is 0 Å². The van der Waals surface area contributed by atoms with Gasteiger partial charge in [0, 0.05) is 37.5 Å². The van der Waals surface area contributed by atoms with Crippen molar-refractivity contribution < 1.29 is 9.59 Å². The summed E-state index contributed by atoms with van der Waals surface area (Å²) < 4.78 is 1.77. The van der Waals surface area contributed by atoms with Gasteiger partial charge in [-0.1, -0.05) is 13.8 Å². The molecule has 4 heterocycles. The second-order valence-corrected chi connectivity index (χ2v) is 8.86. The van der Waals surface area contributed by atoms with Gasteiger partial charge >= 0.3 is 0 Å². The highest BCUT2D eigenvalue weighted by Gasteiger charge is 2.33. The third-order valence-corrected chi connectivity index (χ3v) is 6.45. The van der Waals surface area contributed by atoms with E-state index >= 15 is 0 Å². The molecule has 0 spiro atoms. The molecule has 0 saturated carbocycles. The van der Waals surface area contributed by atoms with E-state index < -0.39 is 0 Å². The van der Waals surface area contributed by atoms with Gasteiger partial charge in [0.2, 0.25) is 11.8 Å². The first kappa shape index (κ1) is 22.2. The highest BCUT2D eigenvalue weighted by Crippen LogP contribution is 2.31. The maximum absolute atomic E-state index is 13.3. The Hall–Kier alpha value is -2.97. The van der Waals surface area contributed by atoms with E-state index in [1.165, 1.54) is 0 Å². The number of fused-ring (bicyclic) bond motifs is 1. The Bertz CT molecular complexity index is 1020. The lowest BCUT2D eigenvalue weighted by Crippen LogP contribution is -2.44. The number of rotatable bonds is 6. The second-order valence-electron chi connectivity index (χ2n) is 8.86. The van der Waals surface area contributed by atoms with Crippen LogP contribution in [0.1, 0.15) is 69.1 Å². The lowest BCUT2D eigenvalue weighted by molar-refractivity contribution is -0.139. The van der Waals surface area contributed by atoms with Crippen molar-refractivity contribution in [1.82, 2.24) is 29.5 Å². The number of hydrogen-bond acceptors (Lipinski definition) is 5. The number of aromatic nitrogens is 4. The monoisotopic (exact) mass is 440 g/mol. The lowest BCUT2D eigenvalue weighted by atomic mass is 9.98. The fourth-order valence-corrected chi connectivity index (χ4v) is 4.73. The summed E-state index contributed by atoms with van der Waals surface area (Å²) >= 11 is 0. The largest absolute Gasteiger partial charge is 0.336 e. The maximum atomic E-state index is 13.3. The number of carbonyl (C=O) groups is 2. The van der Waals surface area contributed by atoms with Crippen LogP contribution in [-0.4, -0.2) is 54.5 Å². The highest BCUT2D eigenvalue weighted by molar-refractivity contribution is 5.79. The van der Waals surface area contributed by atoms with Gasteiger partial charge in [0.15, 0.2) is 0 Å². The van der Waals surface area contributed by atoms with Gasteiger partial charge in [-0.25, -0.2) is 4.98 Å². The zero-order valence-electron chi connectivity index (χ0n) is 18.9. The molecule has 2 aliphatic heterocycles. The van der Waals surface area contributed by atoms with Crippen molar-refractivity contribution in [2.75, 3.05) is 13.1 Å². The summed E-state index contributed by atoms with van der Waals surface area (Å²) in [5.41, 5.74) is 1.19. The number of H-pyrrole nitrogens is 1. The average molecular weight is 441 g/mol. The van der Waals surface area contributed by atoms with Crippen molar-refractivity contribution in [3.05, 3.63) is 45.9 Å². The third-order valence-electron chi connectivity index (χ3n) is 6.45. The topological polar surface area (TPSA) is 104 Å². The Balaban J connectivity index is 1.56. The molecule has 0 radical (unpaired) electrons. The van der Waals surface area contributed by atoms with E-state index in [0.717, 1.165) is 25.7 Å². The zero-order chi connectivity index (χ0) is 22.7. The standard InChI is InChI=1S/C23H32N6O3/c1-3-7-20(30)27-13-9-17-18(15-27)25-21(26-22(17)31)19-8-4-5-12-29(19)23(32)16(2)14-28-11-6-10-24-28/h6,10-11,16,19H,3-5,7-9,12-15H2,1-2H3,(H,25,26,31)/t16-,19-/m0/s1. The van der Waals surface area contributed by atoms with Crippen LogP contribution in [0.5, 0.6) is 0 Å². The summed E-state index contributed by atoms with van der Waals surface area (Å²) in [5, 5.41) is 4.21. The minimum Gasteiger partial charge on any atom is -0.336 e. The fourth-order valence-electron chi connectivity index (χ4n) is 4.73. The predicted molar refractivity (Wildman–Crippen MR) is 119 cm³/mol.